The van der Waals surface area contributed by atoms with E-state index in [2.05, 4.69) is 14.6 Å². The van der Waals surface area contributed by atoms with Gasteiger partial charge in [0.1, 0.15) is 5.15 Å². The Morgan fingerprint density at radius 1 is 1.47 bits per heavy atom. The monoisotopic (exact) mass is 308 g/mol. The van der Waals surface area contributed by atoms with Crippen LogP contribution in [0.1, 0.15) is 20.8 Å². The minimum Gasteiger partial charge on any atom is -0.324 e. The van der Waals surface area contributed by atoms with Gasteiger partial charge < -0.3 is 9.47 Å². The topological polar surface area (TPSA) is 67.2 Å². The molecular weight excluding hydrogens is 288 g/mol. The Hall–Kier alpha value is -0.630. The lowest BCUT2D eigenvalue weighted by atomic mass is 10.3. The molecule has 0 fully saturated rings. The van der Waals surface area contributed by atoms with E-state index in [1.54, 1.807) is 7.05 Å². The van der Waals surface area contributed by atoms with Gasteiger partial charge in [0.05, 0.1) is 6.33 Å². The summed E-state index contributed by atoms with van der Waals surface area (Å²) in [6, 6.07) is -0.206. The van der Waals surface area contributed by atoms with E-state index in [0.29, 0.717) is 6.54 Å². The summed E-state index contributed by atoms with van der Waals surface area (Å²) in [5, 5.41) is -0.00870. The number of halogens is 1. The smallest absolute Gasteiger partial charge is 0.261 e. The molecule has 1 N–H and O–H groups in total. The SMILES string of the molecule is CCN(CC)CC(C)NS(=O)(=O)c1ncn(C)c1Cl. The molecule has 0 radical (unpaired) electrons. The number of rotatable bonds is 7. The second-order valence-electron chi connectivity index (χ2n) is 4.46. The molecule has 0 aliphatic carbocycles. The maximum atomic E-state index is 12.1. The normalized spacial score (nSPS) is 14.0. The van der Waals surface area contributed by atoms with E-state index in [9.17, 15) is 8.42 Å². The molecular formula is C11H21ClN4O2S. The molecule has 8 heteroatoms. The molecule has 1 aromatic rings. The predicted molar refractivity (Wildman–Crippen MR) is 75.8 cm³/mol. The molecule has 110 valence electrons. The fraction of sp³-hybridized carbons (Fsp3) is 0.727. The van der Waals surface area contributed by atoms with Gasteiger partial charge in [-0.3, -0.25) is 0 Å². The molecule has 19 heavy (non-hydrogen) atoms. The van der Waals surface area contributed by atoms with Gasteiger partial charge >= 0.3 is 0 Å². The Morgan fingerprint density at radius 3 is 2.47 bits per heavy atom. The molecule has 1 rings (SSSR count). The molecule has 0 saturated carbocycles. The van der Waals surface area contributed by atoms with Crippen molar-refractivity contribution in [2.45, 2.75) is 31.8 Å². The van der Waals surface area contributed by atoms with Crippen LogP contribution in [0.15, 0.2) is 11.4 Å². The van der Waals surface area contributed by atoms with E-state index >= 15 is 0 Å². The van der Waals surface area contributed by atoms with Crippen LogP contribution in [0.2, 0.25) is 5.15 Å². The summed E-state index contributed by atoms with van der Waals surface area (Å²) >= 11 is 5.91. The van der Waals surface area contributed by atoms with Crippen LogP contribution in [-0.4, -0.2) is 48.5 Å². The van der Waals surface area contributed by atoms with Crippen LogP contribution >= 0.6 is 11.6 Å². The molecule has 0 aliphatic heterocycles. The van der Waals surface area contributed by atoms with E-state index in [1.165, 1.54) is 10.9 Å². The Labute approximate surface area is 119 Å². The number of aromatic nitrogens is 2. The summed E-state index contributed by atoms with van der Waals surface area (Å²) < 4.78 is 28.3. The van der Waals surface area contributed by atoms with Crippen LogP contribution in [0.3, 0.4) is 0 Å². The van der Waals surface area contributed by atoms with Crippen molar-refractivity contribution < 1.29 is 8.42 Å². The first kappa shape index (κ1) is 16.4. The van der Waals surface area contributed by atoms with Gasteiger partial charge in [-0.2, -0.15) is 0 Å². The van der Waals surface area contributed by atoms with Crippen LogP contribution in [0.5, 0.6) is 0 Å². The zero-order valence-corrected chi connectivity index (χ0v) is 13.3. The number of imidazole rings is 1. The number of aryl methyl sites for hydroxylation is 1. The molecule has 6 nitrogen and oxygen atoms in total. The molecule has 1 atom stereocenters. The Balaban J connectivity index is 2.78. The summed E-state index contributed by atoms with van der Waals surface area (Å²) in [7, 11) is -2.03. The Kier molecular flexibility index (Phi) is 5.79. The largest absolute Gasteiger partial charge is 0.324 e. The van der Waals surface area contributed by atoms with Gasteiger partial charge in [-0.15, -0.1) is 0 Å². The van der Waals surface area contributed by atoms with Crippen LogP contribution < -0.4 is 4.72 Å². The van der Waals surface area contributed by atoms with Crippen molar-refractivity contribution in [1.29, 1.82) is 0 Å². The second kappa shape index (κ2) is 6.69. The standard InChI is InChI=1S/C11H21ClN4O2S/c1-5-16(6-2)7-9(3)14-19(17,18)11-10(12)15(4)8-13-11/h8-9,14H,5-7H2,1-4H3. The molecule has 0 aromatic carbocycles. The van der Waals surface area contributed by atoms with Gasteiger partial charge in [0.2, 0.25) is 5.03 Å². The van der Waals surface area contributed by atoms with Gasteiger partial charge in [0.15, 0.2) is 0 Å². The molecule has 0 bridgehead atoms. The fourth-order valence-electron chi connectivity index (χ4n) is 1.80. The maximum Gasteiger partial charge on any atom is 0.261 e. The number of nitrogens with zero attached hydrogens (tertiary/aromatic N) is 3. The number of nitrogens with one attached hydrogen (secondary N) is 1. The van der Waals surface area contributed by atoms with Gasteiger partial charge in [0.25, 0.3) is 10.0 Å². The van der Waals surface area contributed by atoms with Crippen molar-refractivity contribution in [3.05, 3.63) is 11.5 Å². The first-order valence-corrected chi connectivity index (χ1v) is 8.09. The van der Waals surface area contributed by atoms with Crippen molar-refractivity contribution in [3.8, 4) is 0 Å². The lowest BCUT2D eigenvalue weighted by Crippen LogP contribution is -2.42. The first-order chi connectivity index (χ1) is 8.81. The summed E-state index contributed by atoms with van der Waals surface area (Å²) in [5.41, 5.74) is 0. The van der Waals surface area contributed by atoms with Crippen molar-refractivity contribution >= 4 is 21.6 Å². The average molecular weight is 309 g/mol. The predicted octanol–water partition coefficient (Wildman–Crippen LogP) is 1.08. The van der Waals surface area contributed by atoms with Crippen molar-refractivity contribution in [1.82, 2.24) is 19.2 Å². The second-order valence-corrected chi connectivity index (χ2v) is 6.45. The van der Waals surface area contributed by atoms with Crippen LogP contribution in [0.4, 0.5) is 0 Å². The lowest BCUT2D eigenvalue weighted by molar-refractivity contribution is 0.282. The number of hydrogen-bond acceptors (Lipinski definition) is 4. The average Bonchev–Trinajstić information content (AvgIpc) is 2.67. The quantitative estimate of drug-likeness (QED) is 0.818. The van der Waals surface area contributed by atoms with E-state index in [4.69, 9.17) is 11.6 Å². The zero-order valence-electron chi connectivity index (χ0n) is 11.7. The highest BCUT2D eigenvalue weighted by molar-refractivity contribution is 7.89. The van der Waals surface area contributed by atoms with E-state index in [1.807, 2.05) is 20.8 Å². The molecule has 0 aliphatic rings. The molecule has 0 spiro atoms. The molecule has 1 heterocycles. The highest BCUT2D eigenvalue weighted by atomic mass is 35.5. The van der Waals surface area contributed by atoms with Crippen LogP contribution in [-0.2, 0) is 17.1 Å². The van der Waals surface area contributed by atoms with E-state index in [0.717, 1.165) is 13.1 Å². The van der Waals surface area contributed by atoms with Crippen LogP contribution in [0.25, 0.3) is 0 Å². The fourth-order valence-corrected chi connectivity index (χ4v) is 3.47. The number of hydrogen-bond donors (Lipinski definition) is 1. The Morgan fingerprint density at radius 2 is 2.05 bits per heavy atom. The van der Waals surface area contributed by atoms with Crippen LogP contribution in [0, 0.1) is 0 Å². The minimum absolute atomic E-state index is 0.113. The molecule has 1 unspecified atom stereocenters. The zero-order chi connectivity index (χ0) is 14.6. The number of sulfonamides is 1. The molecule has 1 aromatic heterocycles. The maximum absolute atomic E-state index is 12.1. The van der Waals surface area contributed by atoms with Crippen molar-refractivity contribution in [2.75, 3.05) is 19.6 Å². The van der Waals surface area contributed by atoms with Gasteiger partial charge in [-0.25, -0.2) is 18.1 Å². The summed E-state index contributed by atoms with van der Waals surface area (Å²) in [5.74, 6) is 0. The lowest BCUT2D eigenvalue weighted by Gasteiger charge is -2.22. The highest BCUT2D eigenvalue weighted by Crippen LogP contribution is 2.18. The summed E-state index contributed by atoms with van der Waals surface area (Å²) in [6.45, 7) is 8.32. The number of likely N-dealkylation sites (N-methyl/N-ethyl adjacent to an activating group) is 1. The summed E-state index contributed by atoms with van der Waals surface area (Å²) in [6.07, 6.45) is 1.38. The van der Waals surface area contributed by atoms with Crippen molar-refractivity contribution in [2.24, 2.45) is 7.05 Å². The third-order valence-electron chi connectivity index (χ3n) is 2.87. The van der Waals surface area contributed by atoms with Gasteiger partial charge in [-0.05, 0) is 20.0 Å². The van der Waals surface area contributed by atoms with Crippen molar-refractivity contribution in [3.63, 3.8) is 0 Å². The Bertz CT molecular complexity index is 511. The molecule has 0 amide bonds. The summed E-state index contributed by atoms with van der Waals surface area (Å²) in [4.78, 5) is 5.97. The third-order valence-corrected chi connectivity index (χ3v) is 4.95. The van der Waals surface area contributed by atoms with E-state index < -0.39 is 10.0 Å². The van der Waals surface area contributed by atoms with Gasteiger partial charge in [0, 0.05) is 19.6 Å². The first-order valence-electron chi connectivity index (χ1n) is 6.23. The highest BCUT2D eigenvalue weighted by Gasteiger charge is 2.24. The van der Waals surface area contributed by atoms with E-state index in [-0.39, 0.29) is 16.2 Å². The molecule has 0 saturated heterocycles. The van der Waals surface area contributed by atoms with Gasteiger partial charge in [-0.1, -0.05) is 25.4 Å². The third kappa shape index (κ3) is 4.17. The minimum atomic E-state index is -3.67.